The van der Waals surface area contributed by atoms with Gasteiger partial charge in [-0.05, 0) is 19.8 Å². The molecule has 1 aliphatic heterocycles. The van der Waals surface area contributed by atoms with E-state index in [-0.39, 0.29) is 17.9 Å². The molecule has 1 saturated heterocycles. The molecule has 0 aliphatic carbocycles. The van der Waals surface area contributed by atoms with Crippen LogP contribution in [0.5, 0.6) is 0 Å². The molecule has 2 unspecified atom stereocenters. The lowest BCUT2D eigenvalue weighted by molar-refractivity contribution is -0.132. The molecular formula is C7H13NO2. The third-order valence-corrected chi connectivity index (χ3v) is 1.77. The molecule has 0 aromatic carbocycles. The summed E-state index contributed by atoms with van der Waals surface area (Å²) in [5.41, 5.74) is 5.63. The van der Waals surface area contributed by atoms with Gasteiger partial charge in [0.1, 0.15) is 6.10 Å². The molecular weight excluding hydrogens is 130 g/mol. The van der Waals surface area contributed by atoms with Gasteiger partial charge in [0.25, 0.3) is 0 Å². The zero-order chi connectivity index (χ0) is 7.56. The molecule has 58 valence electrons. The molecule has 0 aromatic heterocycles. The lowest BCUT2D eigenvalue weighted by Crippen LogP contribution is -2.44. The maximum absolute atomic E-state index is 10.8. The quantitative estimate of drug-likeness (QED) is 0.565. The largest absolute Gasteiger partial charge is 0.369 e. The average molecular weight is 143 g/mol. The third kappa shape index (κ3) is 1.55. The molecule has 0 radical (unpaired) electrons. The summed E-state index contributed by atoms with van der Waals surface area (Å²) >= 11 is 0. The van der Waals surface area contributed by atoms with Crippen molar-refractivity contribution in [1.29, 1.82) is 0 Å². The van der Waals surface area contributed by atoms with Gasteiger partial charge in [-0.1, -0.05) is 0 Å². The highest BCUT2D eigenvalue weighted by Crippen LogP contribution is 2.12. The first-order valence-corrected chi connectivity index (χ1v) is 3.59. The monoisotopic (exact) mass is 143 g/mol. The molecule has 0 amide bonds. The van der Waals surface area contributed by atoms with Gasteiger partial charge in [0.15, 0.2) is 5.78 Å². The predicted octanol–water partition coefficient (Wildman–Crippen LogP) is 0.0817. The predicted molar refractivity (Wildman–Crippen MR) is 37.6 cm³/mol. The SMILES string of the molecule is CC(=O)C1OCCCC1N. The number of carbonyl (C=O) groups excluding carboxylic acids is 1. The molecule has 3 heteroatoms. The molecule has 0 bridgehead atoms. The van der Waals surface area contributed by atoms with Crippen molar-refractivity contribution in [3.63, 3.8) is 0 Å². The van der Waals surface area contributed by atoms with Crippen LogP contribution in [-0.4, -0.2) is 24.5 Å². The highest BCUT2D eigenvalue weighted by atomic mass is 16.5. The summed E-state index contributed by atoms with van der Waals surface area (Å²) < 4.78 is 5.18. The van der Waals surface area contributed by atoms with Crippen LogP contribution in [0.15, 0.2) is 0 Å². The van der Waals surface area contributed by atoms with Crippen LogP contribution in [0, 0.1) is 0 Å². The van der Waals surface area contributed by atoms with E-state index in [9.17, 15) is 4.79 Å². The molecule has 0 saturated carbocycles. The number of carbonyl (C=O) groups is 1. The van der Waals surface area contributed by atoms with Crippen LogP contribution in [0.4, 0.5) is 0 Å². The van der Waals surface area contributed by atoms with Crippen LogP contribution in [0.25, 0.3) is 0 Å². The fourth-order valence-electron chi connectivity index (χ4n) is 1.22. The van der Waals surface area contributed by atoms with Crippen molar-refractivity contribution < 1.29 is 9.53 Å². The van der Waals surface area contributed by atoms with Crippen molar-refractivity contribution in [1.82, 2.24) is 0 Å². The summed E-state index contributed by atoms with van der Waals surface area (Å²) in [6, 6.07) is -0.0775. The summed E-state index contributed by atoms with van der Waals surface area (Å²) in [5, 5.41) is 0. The minimum atomic E-state index is -0.339. The van der Waals surface area contributed by atoms with Crippen molar-refractivity contribution >= 4 is 5.78 Å². The summed E-state index contributed by atoms with van der Waals surface area (Å²) in [6.45, 7) is 2.20. The number of ether oxygens (including phenoxy) is 1. The van der Waals surface area contributed by atoms with Gasteiger partial charge < -0.3 is 10.5 Å². The van der Waals surface area contributed by atoms with Crippen molar-refractivity contribution in [3.8, 4) is 0 Å². The molecule has 1 rings (SSSR count). The van der Waals surface area contributed by atoms with Crippen LogP contribution >= 0.6 is 0 Å². The molecule has 2 N–H and O–H groups in total. The van der Waals surface area contributed by atoms with Crippen LogP contribution in [0.1, 0.15) is 19.8 Å². The first-order chi connectivity index (χ1) is 4.72. The molecule has 3 nitrogen and oxygen atoms in total. The fourth-order valence-corrected chi connectivity index (χ4v) is 1.22. The van der Waals surface area contributed by atoms with Crippen molar-refractivity contribution in [2.75, 3.05) is 6.61 Å². The Morgan fingerprint density at radius 1 is 1.70 bits per heavy atom. The Labute approximate surface area is 60.5 Å². The Bertz CT molecular complexity index is 136. The minimum Gasteiger partial charge on any atom is -0.369 e. The molecule has 10 heavy (non-hydrogen) atoms. The average Bonchev–Trinajstić information content (AvgIpc) is 1.88. The molecule has 0 aromatic rings. The summed E-state index contributed by atoms with van der Waals surface area (Å²) in [5.74, 6) is 0.0483. The number of nitrogens with two attached hydrogens (primary N) is 1. The lowest BCUT2D eigenvalue weighted by Gasteiger charge is -2.26. The van der Waals surface area contributed by atoms with Crippen molar-refractivity contribution in [3.05, 3.63) is 0 Å². The van der Waals surface area contributed by atoms with E-state index in [4.69, 9.17) is 10.5 Å². The van der Waals surface area contributed by atoms with Gasteiger partial charge in [0.05, 0.1) is 0 Å². The van der Waals surface area contributed by atoms with Crippen LogP contribution < -0.4 is 5.73 Å². The molecule has 1 fully saturated rings. The second kappa shape index (κ2) is 3.12. The van der Waals surface area contributed by atoms with E-state index in [1.54, 1.807) is 0 Å². The Hall–Kier alpha value is -0.410. The van der Waals surface area contributed by atoms with E-state index in [2.05, 4.69) is 0 Å². The van der Waals surface area contributed by atoms with Crippen LogP contribution in [0.3, 0.4) is 0 Å². The van der Waals surface area contributed by atoms with Gasteiger partial charge in [-0.15, -0.1) is 0 Å². The second-order valence-corrected chi connectivity index (χ2v) is 2.71. The maximum atomic E-state index is 10.8. The molecule has 2 atom stereocenters. The zero-order valence-corrected chi connectivity index (χ0v) is 6.17. The fraction of sp³-hybridized carbons (Fsp3) is 0.857. The van der Waals surface area contributed by atoms with E-state index in [1.165, 1.54) is 6.92 Å². The molecule has 1 heterocycles. The summed E-state index contributed by atoms with van der Waals surface area (Å²) in [4.78, 5) is 10.8. The Morgan fingerprint density at radius 2 is 2.40 bits per heavy atom. The standard InChI is InChI=1S/C7H13NO2/c1-5(9)7-6(8)3-2-4-10-7/h6-7H,2-4,8H2,1H3. The summed E-state index contributed by atoms with van der Waals surface area (Å²) in [7, 11) is 0. The van der Waals surface area contributed by atoms with Crippen LogP contribution in [0.2, 0.25) is 0 Å². The number of Topliss-reactive ketones (excluding diaryl/α,β-unsaturated/α-hetero) is 1. The van der Waals surface area contributed by atoms with Gasteiger partial charge in [-0.25, -0.2) is 0 Å². The van der Waals surface area contributed by atoms with Crippen molar-refractivity contribution in [2.24, 2.45) is 5.73 Å². The molecule has 0 spiro atoms. The smallest absolute Gasteiger partial charge is 0.160 e. The Balaban J connectivity index is 2.47. The van der Waals surface area contributed by atoms with Gasteiger partial charge in [-0.3, -0.25) is 4.79 Å². The van der Waals surface area contributed by atoms with Gasteiger partial charge in [0, 0.05) is 12.6 Å². The van der Waals surface area contributed by atoms with E-state index in [0.29, 0.717) is 6.61 Å². The summed E-state index contributed by atoms with van der Waals surface area (Å²) in [6.07, 6.45) is 1.54. The topological polar surface area (TPSA) is 52.3 Å². The zero-order valence-electron chi connectivity index (χ0n) is 6.17. The third-order valence-electron chi connectivity index (χ3n) is 1.77. The lowest BCUT2D eigenvalue weighted by atomic mass is 10.0. The minimum absolute atomic E-state index is 0.0483. The first-order valence-electron chi connectivity index (χ1n) is 3.59. The van der Waals surface area contributed by atoms with E-state index < -0.39 is 0 Å². The first kappa shape index (κ1) is 7.69. The number of hydrogen-bond donors (Lipinski definition) is 1. The number of rotatable bonds is 1. The maximum Gasteiger partial charge on any atom is 0.160 e. The van der Waals surface area contributed by atoms with E-state index >= 15 is 0 Å². The van der Waals surface area contributed by atoms with Crippen molar-refractivity contribution in [2.45, 2.75) is 31.9 Å². The number of ketones is 1. The highest BCUT2D eigenvalue weighted by Gasteiger charge is 2.25. The van der Waals surface area contributed by atoms with Gasteiger partial charge in [-0.2, -0.15) is 0 Å². The Kier molecular flexibility index (Phi) is 2.40. The second-order valence-electron chi connectivity index (χ2n) is 2.71. The molecule has 1 aliphatic rings. The van der Waals surface area contributed by atoms with E-state index in [1.807, 2.05) is 0 Å². The van der Waals surface area contributed by atoms with Gasteiger partial charge in [0.2, 0.25) is 0 Å². The normalized spacial score (nSPS) is 33.8. The number of hydrogen-bond acceptors (Lipinski definition) is 3. The van der Waals surface area contributed by atoms with Gasteiger partial charge >= 0.3 is 0 Å². The van der Waals surface area contributed by atoms with Crippen LogP contribution in [-0.2, 0) is 9.53 Å². The Morgan fingerprint density at radius 3 is 2.80 bits per heavy atom. The van der Waals surface area contributed by atoms with E-state index in [0.717, 1.165) is 12.8 Å². The highest BCUT2D eigenvalue weighted by molar-refractivity contribution is 5.81.